The number of hydrogen-bond donors (Lipinski definition) is 0. The van der Waals surface area contributed by atoms with E-state index < -0.39 is 0 Å². The highest BCUT2D eigenvalue weighted by molar-refractivity contribution is 5.84. The predicted molar refractivity (Wildman–Crippen MR) is 77.0 cm³/mol. The normalized spacial score (nSPS) is 18.5. The molecule has 106 valence electrons. The minimum absolute atomic E-state index is 0.272. The summed E-state index contributed by atoms with van der Waals surface area (Å²) in [4.78, 5) is 4.36. The number of pyridine rings is 1. The van der Waals surface area contributed by atoms with Gasteiger partial charge in [0.05, 0.1) is 19.3 Å². The van der Waals surface area contributed by atoms with Crippen molar-refractivity contribution in [3.63, 3.8) is 0 Å². The van der Waals surface area contributed by atoms with Crippen LogP contribution in [0.25, 0.3) is 10.9 Å². The maximum Gasteiger partial charge on any atom is 0.145 e. The zero-order valence-electron chi connectivity index (χ0n) is 11.5. The second-order valence-electron chi connectivity index (χ2n) is 4.89. The Morgan fingerprint density at radius 1 is 1.20 bits per heavy atom. The van der Waals surface area contributed by atoms with E-state index in [1.807, 2.05) is 30.3 Å². The number of hydrogen-bond acceptors (Lipinski definition) is 4. The maximum atomic E-state index is 5.76. The molecule has 1 aliphatic rings. The van der Waals surface area contributed by atoms with Gasteiger partial charge in [-0.15, -0.1) is 0 Å². The van der Waals surface area contributed by atoms with Crippen molar-refractivity contribution in [3.05, 3.63) is 36.5 Å². The van der Waals surface area contributed by atoms with Gasteiger partial charge in [-0.25, -0.2) is 0 Å². The molecular weight excluding hydrogens is 254 g/mol. The summed E-state index contributed by atoms with van der Waals surface area (Å²) < 4.78 is 16.8. The first kappa shape index (κ1) is 13.3. The van der Waals surface area contributed by atoms with Crippen LogP contribution in [0.15, 0.2) is 36.5 Å². The van der Waals surface area contributed by atoms with E-state index in [1.54, 1.807) is 6.20 Å². The lowest BCUT2D eigenvalue weighted by Crippen LogP contribution is -2.17. The Morgan fingerprint density at radius 3 is 3.05 bits per heavy atom. The number of benzene rings is 1. The van der Waals surface area contributed by atoms with Gasteiger partial charge in [-0.2, -0.15) is 0 Å². The van der Waals surface area contributed by atoms with Crippen LogP contribution in [-0.2, 0) is 9.47 Å². The van der Waals surface area contributed by atoms with Crippen LogP contribution in [-0.4, -0.2) is 37.5 Å². The first-order valence-corrected chi connectivity index (χ1v) is 7.09. The van der Waals surface area contributed by atoms with Crippen LogP contribution >= 0.6 is 0 Å². The smallest absolute Gasteiger partial charge is 0.145 e. The molecule has 4 heteroatoms. The Labute approximate surface area is 118 Å². The summed E-state index contributed by atoms with van der Waals surface area (Å²) in [6, 6.07) is 9.91. The molecule has 20 heavy (non-hydrogen) atoms. The summed E-state index contributed by atoms with van der Waals surface area (Å²) in [5.74, 6) is 0.809. The lowest BCUT2D eigenvalue weighted by molar-refractivity contribution is 0.00864. The van der Waals surface area contributed by atoms with Gasteiger partial charge >= 0.3 is 0 Å². The highest BCUT2D eigenvalue weighted by Crippen LogP contribution is 2.22. The lowest BCUT2D eigenvalue weighted by Gasteiger charge is -2.11. The zero-order valence-corrected chi connectivity index (χ0v) is 11.5. The van der Waals surface area contributed by atoms with Crippen LogP contribution in [0.2, 0.25) is 0 Å². The Hall–Kier alpha value is -1.65. The van der Waals surface area contributed by atoms with Gasteiger partial charge in [-0.3, -0.25) is 4.98 Å². The van der Waals surface area contributed by atoms with E-state index in [-0.39, 0.29) is 6.10 Å². The third-order valence-corrected chi connectivity index (χ3v) is 3.41. The Morgan fingerprint density at radius 2 is 2.15 bits per heavy atom. The van der Waals surface area contributed by atoms with Crippen LogP contribution in [0.4, 0.5) is 0 Å². The fraction of sp³-hybridized carbons (Fsp3) is 0.438. The number of fused-ring (bicyclic) bond motifs is 1. The molecule has 1 saturated heterocycles. The third-order valence-electron chi connectivity index (χ3n) is 3.41. The molecular formula is C16H19NO3. The van der Waals surface area contributed by atoms with Crippen molar-refractivity contribution < 1.29 is 14.2 Å². The predicted octanol–water partition coefficient (Wildman–Crippen LogP) is 2.81. The molecule has 1 aromatic heterocycles. The van der Waals surface area contributed by atoms with Crippen LogP contribution in [0.3, 0.4) is 0 Å². The largest absolute Gasteiger partial charge is 0.489 e. The van der Waals surface area contributed by atoms with E-state index in [0.717, 1.165) is 36.1 Å². The lowest BCUT2D eigenvalue weighted by atomic mass is 10.2. The van der Waals surface area contributed by atoms with Gasteiger partial charge in [0.1, 0.15) is 17.9 Å². The molecule has 0 bridgehead atoms. The molecule has 0 aliphatic carbocycles. The van der Waals surface area contributed by atoms with Gasteiger partial charge < -0.3 is 14.2 Å². The molecule has 1 aromatic carbocycles. The quantitative estimate of drug-likeness (QED) is 0.759. The van der Waals surface area contributed by atoms with Gasteiger partial charge in [-0.1, -0.05) is 18.2 Å². The van der Waals surface area contributed by atoms with Gasteiger partial charge in [0.2, 0.25) is 0 Å². The molecule has 0 amide bonds. The van der Waals surface area contributed by atoms with Crippen molar-refractivity contribution in [1.82, 2.24) is 4.98 Å². The Balaban J connectivity index is 1.47. The third kappa shape index (κ3) is 3.26. The van der Waals surface area contributed by atoms with Gasteiger partial charge in [-0.05, 0) is 25.0 Å². The highest BCUT2D eigenvalue weighted by atomic mass is 16.5. The highest BCUT2D eigenvalue weighted by Gasteiger charge is 2.15. The average Bonchev–Trinajstić information content (AvgIpc) is 3.00. The summed E-state index contributed by atoms with van der Waals surface area (Å²) in [5, 5.41) is 1.09. The van der Waals surface area contributed by atoms with Gasteiger partial charge in [0.15, 0.2) is 0 Å². The fourth-order valence-corrected chi connectivity index (χ4v) is 2.39. The maximum absolute atomic E-state index is 5.76. The Kier molecular flexibility index (Phi) is 4.46. The van der Waals surface area contributed by atoms with Crippen LogP contribution in [0.1, 0.15) is 12.8 Å². The van der Waals surface area contributed by atoms with Gasteiger partial charge in [0, 0.05) is 18.2 Å². The summed E-state index contributed by atoms with van der Waals surface area (Å²) in [6.45, 7) is 2.63. The molecule has 1 aliphatic heterocycles. The van der Waals surface area contributed by atoms with E-state index in [4.69, 9.17) is 14.2 Å². The molecule has 2 heterocycles. The summed E-state index contributed by atoms with van der Waals surface area (Å²) in [6.07, 6.45) is 4.30. The van der Waals surface area contributed by atoms with E-state index >= 15 is 0 Å². The molecule has 3 rings (SSSR count). The second kappa shape index (κ2) is 6.68. The molecule has 0 unspecified atom stereocenters. The van der Waals surface area contributed by atoms with Crippen molar-refractivity contribution in [3.8, 4) is 5.75 Å². The van der Waals surface area contributed by atoms with E-state index in [0.29, 0.717) is 19.8 Å². The standard InChI is InChI=1S/C16H19NO3/c1-4-13-5-2-8-17-16(13)15(7-1)20-11-10-18-12-14-6-3-9-19-14/h1-2,4-5,7-8,14H,3,6,9-12H2/t14-/m1/s1. The molecule has 4 nitrogen and oxygen atoms in total. The second-order valence-corrected chi connectivity index (χ2v) is 4.89. The molecule has 0 radical (unpaired) electrons. The molecule has 2 aromatic rings. The fourth-order valence-electron chi connectivity index (χ4n) is 2.39. The van der Waals surface area contributed by atoms with Crippen LogP contribution < -0.4 is 4.74 Å². The number of para-hydroxylation sites is 1. The van der Waals surface area contributed by atoms with Crippen molar-refractivity contribution in [2.45, 2.75) is 18.9 Å². The zero-order chi connectivity index (χ0) is 13.6. The van der Waals surface area contributed by atoms with Gasteiger partial charge in [0.25, 0.3) is 0 Å². The van der Waals surface area contributed by atoms with Crippen LogP contribution in [0, 0.1) is 0 Å². The number of rotatable bonds is 6. The molecule has 1 fully saturated rings. The topological polar surface area (TPSA) is 40.6 Å². The molecule has 0 saturated carbocycles. The Bertz CT molecular complexity index is 547. The summed E-state index contributed by atoms with van der Waals surface area (Å²) in [5.41, 5.74) is 0.897. The van der Waals surface area contributed by atoms with E-state index in [1.165, 1.54) is 0 Å². The first-order valence-electron chi connectivity index (χ1n) is 7.09. The number of ether oxygens (including phenoxy) is 3. The summed E-state index contributed by atoms with van der Waals surface area (Å²) in [7, 11) is 0. The summed E-state index contributed by atoms with van der Waals surface area (Å²) >= 11 is 0. The van der Waals surface area contributed by atoms with Crippen LogP contribution in [0.5, 0.6) is 5.75 Å². The number of aromatic nitrogens is 1. The minimum atomic E-state index is 0.272. The average molecular weight is 273 g/mol. The van der Waals surface area contributed by atoms with E-state index in [9.17, 15) is 0 Å². The molecule has 0 N–H and O–H groups in total. The molecule has 1 atom stereocenters. The first-order chi connectivity index (χ1) is 9.93. The SMILES string of the molecule is c1cnc2c(OCCOC[C@H]3CCCO3)cccc2c1. The van der Waals surface area contributed by atoms with Crippen molar-refractivity contribution in [2.24, 2.45) is 0 Å². The monoisotopic (exact) mass is 273 g/mol. The van der Waals surface area contributed by atoms with Crippen molar-refractivity contribution in [2.75, 3.05) is 26.4 Å². The number of nitrogens with zero attached hydrogens (tertiary/aromatic N) is 1. The minimum Gasteiger partial charge on any atom is -0.489 e. The van der Waals surface area contributed by atoms with Crippen molar-refractivity contribution >= 4 is 10.9 Å². The van der Waals surface area contributed by atoms with E-state index in [2.05, 4.69) is 4.98 Å². The van der Waals surface area contributed by atoms with Crippen molar-refractivity contribution in [1.29, 1.82) is 0 Å². The molecule has 0 spiro atoms.